The van der Waals surface area contributed by atoms with E-state index < -0.39 is 59.8 Å². The van der Waals surface area contributed by atoms with Gasteiger partial charge in [-0.1, -0.05) is 0 Å². The van der Waals surface area contributed by atoms with Gasteiger partial charge < -0.3 is 29.4 Å². The highest BCUT2D eigenvalue weighted by Crippen LogP contribution is 2.67. The monoisotopic (exact) mass is 482 g/mol. The minimum atomic E-state index is -5.71. The van der Waals surface area contributed by atoms with Gasteiger partial charge in [0.2, 0.25) is 0 Å². The van der Waals surface area contributed by atoms with Crippen LogP contribution < -0.4 is 11.2 Å². The predicted molar refractivity (Wildman–Crippen MR) is 90.4 cm³/mol. The molecule has 5 atom stereocenters. The summed E-state index contributed by atoms with van der Waals surface area (Å²) in [7, 11) is -16.7. The molecule has 1 aliphatic rings. The van der Waals surface area contributed by atoms with Crippen molar-refractivity contribution in [2.75, 3.05) is 6.61 Å². The van der Waals surface area contributed by atoms with Crippen molar-refractivity contribution in [2.45, 2.75) is 31.8 Å². The Hall–Kier alpha value is -0.990. The molecule has 6 N–H and O–H groups in total. The zero-order chi connectivity index (χ0) is 22.2. The summed E-state index contributed by atoms with van der Waals surface area (Å²) in [4.78, 5) is 61.1. The number of aliphatic hydroxyl groups excluding tert-OH is 1. The highest BCUT2D eigenvalue weighted by molar-refractivity contribution is 7.66. The molecule has 1 aromatic heterocycles. The number of aryl methyl sites for hydroxylation is 1. The van der Waals surface area contributed by atoms with Crippen LogP contribution in [-0.2, 0) is 31.6 Å². The molecule has 1 aliphatic heterocycles. The topological polar surface area (TPSA) is 244 Å². The minimum Gasteiger partial charge on any atom is -0.394 e. The quantitative estimate of drug-likeness (QED) is 0.239. The number of rotatable bonds is 8. The molecule has 0 spiro atoms. The molecule has 1 aromatic rings. The average molecular weight is 482 g/mol. The second kappa shape index (κ2) is 8.63. The van der Waals surface area contributed by atoms with Crippen LogP contribution in [0.15, 0.2) is 15.8 Å². The van der Waals surface area contributed by atoms with E-state index in [-0.39, 0.29) is 12.0 Å². The van der Waals surface area contributed by atoms with E-state index in [9.17, 15) is 33.3 Å². The lowest BCUT2D eigenvalue weighted by Gasteiger charge is -2.21. The van der Waals surface area contributed by atoms with E-state index in [2.05, 4.69) is 13.1 Å². The molecule has 0 radical (unpaired) electrons. The first-order valence-corrected chi connectivity index (χ1v) is 12.1. The summed E-state index contributed by atoms with van der Waals surface area (Å²) in [5.41, 5.74) is -1.38. The highest BCUT2D eigenvalue weighted by Gasteiger charge is 2.46. The number of ether oxygens (including phenoxy) is 1. The normalized spacial score (nSPS) is 26.8. The number of hydrogen-bond donors (Lipinski definition) is 6. The molecule has 0 aliphatic carbocycles. The van der Waals surface area contributed by atoms with Gasteiger partial charge >= 0.3 is 29.2 Å². The molecule has 3 unspecified atom stereocenters. The molecule has 29 heavy (non-hydrogen) atoms. The SMILES string of the molecule is Cc1cn(C2C[C@H](OP(=O)(O)OP(=O)(O)OP(=O)(O)O)[C@@H](CO)O2)c(=O)[nH]c1=O. The van der Waals surface area contributed by atoms with Gasteiger partial charge in [0, 0.05) is 18.2 Å². The third-order valence-electron chi connectivity index (χ3n) is 3.50. The number of aliphatic hydroxyl groups is 1. The molecule has 0 aromatic carbocycles. The number of phosphoric ester groups is 1. The molecule has 0 bridgehead atoms. The van der Waals surface area contributed by atoms with E-state index in [4.69, 9.17) is 19.4 Å². The predicted octanol–water partition coefficient (Wildman–Crippen LogP) is -1.16. The van der Waals surface area contributed by atoms with Crippen molar-refractivity contribution in [1.29, 1.82) is 0 Å². The number of hydrogen-bond acceptors (Lipinski definition) is 10. The molecule has 166 valence electrons. The lowest BCUT2D eigenvalue weighted by Crippen LogP contribution is -2.33. The molecule has 0 amide bonds. The van der Waals surface area contributed by atoms with Gasteiger partial charge in [-0.3, -0.25) is 18.9 Å². The van der Waals surface area contributed by atoms with Crippen LogP contribution in [0.3, 0.4) is 0 Å². The fourth-order valence-electron chi connectivity index (χ4n) is 2.42. The summed E-state index contributed by atoms with van der Waals surface area (Å²) in [5, 5.41) is 9.36. The Balaban J connectivity index is 2.18. The van der Waals surface area contributed by atoms with Crippen molar-refractivity contribution in [1.82, 2.24) is 9.55 Å². The Kier molecular flexibility index (Phi) is 7.23. The molecular weight excluding hydrogens is 465 g/mol. The molecule has 19 heteroatoms. The van der Waals surface area contributed by atoms with Gasteiger partial charge in [-0.05, 0) is 6.92 Å². The summed E-state index contributed by atoms with van der Waals surface area (Å²) < 4.78 is 52.0. The molecule has 1 saturated heterocycles. The third kappa shape index (κ3) is 6.76. The standard InChI is InChI=1S/C10H17N2O14P3/c1-5-3-12(10(15)11-9(5)14)8-2-6(7(4-13)23-8)24-28(19,20)26-29(21,22)25-27(16,17)18/h3,6-8,13H,2,4H2,1H3,(H,19,20)(H,21,22)(H,11,14,15)(H2,16,17,18)/t6-,7+,8?/m0/s1. The molecule has 0 saturated carbocycles. The maximum Gasteiger partial charge on any atom is 0.490 e. The Labute approximate surface area is 161 Å². The molecule has 16 nitrogen and oxygen atoms in total. The fourth-order valence-corrected chi connectivity index (χ4v) is 5.64. The van der Waals surface area contributed by atoms with Gasteiger partial charge in [0.1, 0.15) is 18.4 Å². The molecule has 1 fully saturated rings. The number of aromatic nitrogens is 2. The first kappa shape index (κ1) is 24.3. The summed E-state index contributed by atoms with van der Waals surface area (Å²) in [6, 6.07) is 0. The van der Waals surface area contributed by atoms with Crippen molar-refractivity contribution in [3.63, 3.8) is 0 Å². The fraction of sp³-hybridized carbons (Fsp3) is 0.600. The highest BCUT2D eigenvalue weighted by atomic mass is 31.3. The van der Waals surface area contributed by atoms with Crippen molar-refractivity contribution in [3.05, 3.63) is 32.6 Å². The van der Waals surface area contributed by atoms with Crippen molar-refractivity contribution in [3.8, 4) is 0 Å². The van der Waals surface area contributed by atoms with Crippen LogP contribution in [0.4, 0.5) is 0 Å². The second-order valence-corrected chi connectivity index (χ2v) is 10.1. The zero-order valence-electron chi connectivity index (χ0n) is 14.4. The Morgan fingerprint density at radius 1 is 1.17 bits per heavy atom. The molecule has 2 heterocycles. The second-order valence-electron chi connectivity index (χ2n) is 5.76. The average Bonchev–Trinajstić information content (AvgIpc) is 2.88. The summed E-state index contributed by atoms with van der Waals surface area (Å²) in [6.07, 6.45) is -3.13. The van der Waals surface area contributed by atoms with Gasteiger partial charge in [-0.2, -0.15) is 8.62 Å². The maximum atomic E-state index is 11.9. The third-order valence-corrected chi connectivity index (χ3v) is 7.37. The van der Waals surface area contributed by atoms with E-state index in [1.807, 2.05) is 4.98 Å². The minimum absolute atomic E-state index is 0.144. The number of nitrogens with one attached hydrogen (secondary N) is 1. The van der Waals surface area contributed by atoms with Crippen molar-refractivity contribution < 1.29 is 56.3 Å². The zero-order valence-corrected chi connectivity index (χ0v) is 17.1. The van der Waals surface area contributed by atoms with E-state index in [1.54, 1.807) is 0 Å². The summed E-state index contributed by atoms with van der Waals surface area (Å²) >= 11 is 0. The van der Waals surface area contributed by atoms with Crippen LogP contribution in [0.25, 0.3) is 0 Å². The Morgan fingerprint density at radius 3 is 2.34 bits per heavy atom. The van der Waals surface area contributed by atoms with E-state index in [0.717, 1.165) is 10.8 Å². The maximum absolute atomic E-state index is 11.9. The van der Waals surface area contributed by atoms with Crippen LogP contribution in [0.5, 0.6) is 0 Å². The van der Waals surface area contributed by atoms with Crippen LogP contribution in [0, 0.1) is 6.92 Å². The van der Waals surface area contributed by atoms with Gasteiger partial charge in [-0.15, -0.1) is 0 Å². The van der Waals surface area contributed by atoms with Crippen molar-refractivity contribution in [2.24, 2.45) is 0 Å². The first-order valence-electron chi connectivity index (χ1n) is 7.53. The summed E-state index contributed by atoms with van der Waals surface area (Å²) in [6.45, 7) is 0.630. The van der Waals surface area contributed by atoms with Gasteiger partial charge in [0.05, 0.1) is 6.61 Å². The number of H-pyrrole nitrogens is 1. The summed E-state index contributed by atoms with van der Waals surface area (Å²) in [5.74, 6) is 0. The van der Waals surface area contributed by atoms with Gasteiger partial charge in [-0.25, -0.2) is 18.5 Å². The largest absolute Gasteiger partial charge is 0.490 e. The lowest BCUT2D eigenvalue weighted by atomic mass is 10.2. The molecule has 2 rings (SSSR count). The van der Waals surface area contributed by atoms with Crippen LogP contribution in [0.1, 0.15) is 18.2 Å². The first-order chi connectivity index (χ1) is 13.1. The van der Waals surface area contributed by atoms with Crippen LogP contribution in [0.2, 0.25) is 0 Å². The number of nitrogens with zero attached hydrogens (tertiary/aromatic N) is 1. The van der Waals surface area contributed by atoms with Crippen molar-refractivity contribution >= 4 is 23.5 Å². The number of phosphoric acid groups is 3. The van der Waals surface area contributed by atoms with Gasteiger partial charge in [0.15, 0.2) is 0 Å². The van der Waals surface area contributed by atoms with Crippen LogP contribution in [-0.4, -0.2) is 53.0 Å². The van der Waals surface area contributed by atoms with E-state index >= 15 is 0 Å². The van der Waals surface area contributed by atoms with E-state index in [0.29, 0.717) is 0 Å². The lowest BCUT2D eigenvalue weighted by molar-refractivity contribution is -0.0452. The Bertz CT molecular complexity index is 1010. The smallest absolute Gasteiger partial charge is 0.394 e. The number of aromatic amines is 1. The Morgan fingerprint density at radius 2 is 1.79 bits per heavy atom. The van der Waals surface area contributed by atoms with Gasteiger partial charge in [0.25, 0.3) is 5.56 Å². The van der Waals surface area contributed by atoms with Crippen LogP contribution >= 0.6 is 23.5 Å². The molecular formula is C10H17N2O14P3. The van der Waals surface area contributed by atoms with E-state index in [1.165, 1.54) is 6.92 Å².